The lowest BCUT2D eigenvalue weighted by molar-refractivity contribution is 0.443. The van der Waals surface area contributed by atoms with Crippen molar-refractivity contribution < 1.29 is 0 Å². The van der Waals surface area contributed by atoms with Crippen molar-refractivity contribution in [1.29, 1.82) is 0 Å². The second-order valence-electron chi connectivity index (χ2n) is 17.4. The fourth-order valence-electron chi connectivity index (χ4n) is 10.7. The molecule has 0 aromatic heterocycles. The summed E-state index contributed by atoms with van der Waals surface area (Å²) in [6.07, 6.45) is 13.4. The predicted octanol–water partition coefficient (Wildman–Crippen LogP) is 16.0. The summed E-state index contributed by atoms with van der Waals surface area (Å²) in [6, 6.07) is 58.1. The van der Waals surface area contributed by atoms with Crippen LogP contribution in [0.1, 0.15) is 112 Å². The maximum Gasteiger partial charge on any atom is 0.0543 e. The molecular weight excluding hydrogens is 675 g/mol. The fraction of sp³-hybridized carbons (Fsp3) is 0.273. The highest BCUT2D eigenvalue weighted by molar-refractivity contribution is 5.99. The second-order valence-corrected chi connectivity index (χ2v) is 17.4. The van der Waals surface area contributed by atoms with Gasteiger partial charge in [0, 0.05) is 22.4 Å². The monoisotopic (exact) mass is 727 g/mol. The van der Waals surface area contributed by atoms with Gasteiger partial charge in [-0.2, -0.15) is 0 Å². The summed E-state index contributed by atoms with van der Waals surface area (Å²) in [5, 5.41) is 2.54. The lowest BCUT2D eigenvalue weighted by atomic mass is 9.78. The SMILES string of the molecule is CC1(C)c2ccccc2-c2ccc(N(c3ccc(-c4cccc(C5CCCCC5)c4)cc3)c3ccc(C4CCCCC4)cc3)c(-c3ccc4ccccc4c3)c21. The molecular formula is C55H53N. The standard InChI is InChI=1S/C55H53N/c1-55(2)51-23-12-11-22-49(51)50-34-35-52(53(54(50)55)46-25-24-40-18-9-10-19-43(40)37-46)56(47-30-26-41(27-31-47)38-14-5-3-6-15-38)48-32-28-42(29-33-48)45-21-13-20-44(36-45)39-16-7-4-8-17-39/h9-13,18-39H,3-8,14-17H2,1-2H3. The molecule has 2 saturated carbocycles. The van der Waals surface area contributed by atoms with Crippen molar-refractivity contribution in [3.63, 3.8) is 0 Å². The molecule has 1 heteroatoms. The van der Waals surface area contributed by atoms with E-state index in [-0.39, 0.29) is 5.41 Å². The van der Waals surface area contributed by atoms with Crippen molar-refractivity contribution in [2.75, 3.05) is 4.90 Å². The largest absolute Gasteiger partial charge is 0.310 e. The molecule has 2 fully saturated rings. The van der Waals surface area contributed by atoms with E-state index in [9.17, 15) is 0 Å². The Hall–Kier alpha value is -5.40. The first-order valence-electron chi connectivity index (χ1n) is 21.4. The minimum atomic E-state index is -0.174. The van der Waals surface area contributed by atoms with Gasteiger partial charge >= 0.3 is 0 Å². The minimum Gasteiger partial charge on any atom is -0.310 e. The van der Waals surface area contributed by atoms with Gasteiger partial charge in [0.15, 0.2) is 0 Å². The molecule has 0 amide bonds. The smallest absolute Gasteiger partial charge is 0.0543 e. The maximum absolute atomic E-state index is 2.54. The molecule has 0 saturated heterocycles. The molecule has 3 aliphatic rings. The lowest BCUT2D eigenvalue weighted by Gasteiger charge is -2.32. The van der Waals surface area contributed by atoms with E-state index in [1.54, 1.807) is 0 Å². The van der Waals surface area contributed by atoms with Crippen LogP contribution in [-0.2, 0) is 5.41 Å². The van der Waals surface area contributed by atoms with Crippen LogP contribution < -0.4 is 4.90 Å². The summed E-state index contributed by atoms with van der Waals surface area (Å²) in [7, 11) is 0. The first-order chi connectivity index (χ1) is 27.5. The normalized spacial score (nSPS) is 16.8. The Morgan fingerprint density at radius 2 is 1.07 bits per heavy atom. The van der Waals surface area contributed by atoms with E-state index in [4.69, 9.17) is 0 Å². The zero-order chi connectivity index (χ0) is 37.6. The zero-order valence-corrected chi connectivity index (χ0v) is 33.1. The molecule has 3 aliphatic carbocycles. The zero-order valence-electron chi connectivity index (χ0n) is 33.1. The summed E-state index contributed by atoms with van der Waals surface area (Å²) in [5.74, 6) is 1.36. The quantitative estimate of drug-likeness (QED) is 0.158. The highest BCUT2D eigenvalue weighted by Crippen LogP contribution is 2.56. The van der Waals surface area contributed by atoms with Gasteiger partial charge in [0.1, 0.15) is 0 Å². The molecule has 0 radical (unpaired) electrons. The highest BCUT2D eigenvalue weighted by atomic mass is 15.1. The van der Waals surface area contributed by atoms with Crippen LogP contribution in [0.3, 0.4) is 0 Å². The fourth-order valence-corrected chi connectivity index (χ4v) is 10.7. The molecule has 0 spiro atoms. The highest BCUT2D eigenvalue weighted by Gasteiger charge is 2.39. The third-order valence-electron chi connectivity index (χ3n) is 13.6. The van der Waals surface area contributed by atoms with E-state index in [0.29, 0.717) is 11.8 Å². The van der Waals surface area contributed by atoms with E-state index < -0.39 is 0 Å². The van der Waals surface area contributed by atoms with Crippen molar-refractivity contribution in [2.45, 2.75) is 95.3 Å². The molecule has 0 aliphatic heterocycles. The van der Waals surface area contributed by atoms with Crippen molar-refractivity contribution in [2.24, 2.45) is 0 Å². The molecule has 10 rings (SSSR count). The van der Waals surface area contributed by atoms with Crippen molar-refractivity contribution in [3.05, 3.63) is 174 Å². The number of hydrogen-bond donors (Lipinski definition) is 0. The average Bonchev–Trinajstić information content (AvgIpc) is 3.50. The third kappa shape index (κ3) is 6.26. The molecule has 56 heavy (non-hydrogen) atoms. The van der Waals surface area contributed by atoms with Gasteiger partial charge < -0.3 is 4.90 Å². The number of rotatable bonds is 7. The van der Waals surface area contributed by atoms with E-state index in [2.05, 4.69) is 170 Å². The van der Waals surface area contributed by atoms with Crippen LogP contribution in [0.25, 0.3) is 44.2 Å². The number of benzene rings is 7. The predicted molar refractivity (Wildman–Crippen MR) is 239 cm³/mol. The molecule has 278 valence electrons. The average molecular weight is 728 g/mol. The van der Waals surface area contributed by atoms with Gasteiger partial charge in [-0.05, 0) is 135 Å². The van der Waals surface area contributed by atoms with Gasteiger partial charge in [-0.25, -0.2) is 0 Å². The minimum absolute atomic E-state index is 0.174. The number of hydrogen-bond acceptors (Lipinski definition) is 1. The summed E-state index contributed by atoms with van der Waals surface area (Å²) in [4.78, 5) is 2.54. The van der Waals surface area contributed by atoms with Crippen molar-refractivity contribution >= 4 is 27.8 Å². The topological polar surface area (TPSA) is 3.24 Å². The summed E-state index contributed by atoms with van der Waals surface area (Å²) < 4.78 is 0. The first-order valence-corrected chi connectivity index (χ1v) is 21.4. The molecule has 0 bridgehead atoms. The van der Waals surface area contributed by atoms with E-state index in [0.717, 1.165) is 0 Å². The first kappa shape index (κ1) is 35.0. The Bertz CT molecular complexity index is 2510. The van der Waals surface area contributed by atoms with Crippen LogP contribution in [0.15, 0.2) is 152 Å². The van der Waals surface area contributed by atoms with Crippen LogP contribution in [0.5, 0.6) is 0 Å². The van der Waals surface area contributed by atoms with E-state index >= 15 is 0 Å². The van der Waals surface area contributed by atoms with Crippen LogP contribution in [0.4, 0.5) is 17.1 Å². The van der Waals surface area contributed by atoms with Crippen LogP contribution in [0, 0.1) is 0 Å². The Labute approximate surface area is 334 Å². The molecule has 7 aromatic carbocycles. The van der Waals surface area contributed by atoms with Crippen LogP contribution >= 0.6 is 0 Å². The Morgan fingerprint density at radius 3 is 1.80 bits per heavy atom. The van der Waals surface area contributed by atoms with Gasteiger partial charge in [0.05, 0.1) is 5.69 Å². The van der Waals surface area contributed by atoms with Gasteiger partial charge in [-0.15, -0.1) is 0 Å². The summed E-state index contributed by atoms with van der Waals surface area (Å²) >= 11 is 0. The van der Waals surface area contributed by atoms with Gasteiger partial charge in [0.2, 0.25) is 0 Å². The van der Waals surface area contributed by atoms with Gasteiger partial charge in [-0.1, -0.05) is 168 Å². The summed E-state index contributed by atoms with van der Waals surface area (Å²) in [5.41, 5.74) is 17.1. The molecule has 0 unspecified atom stereocenters. The number of anilines is 3. The lowest BCUT2D eigenvalue weighted by Crippen LogP contribution is -2.19. The molecule has 7 aromatic rings. The molecule has 0 atom stereocenters. The van der Waals surface area contributed by atoms with Crippen LogP contribution in [-0.4, -0.2) is 0 Å². The van der Waals surface area contributed by atoms with E-state index in [1.807, 2.05) is 0 Å². The Morgan fingerprint density at radius 1 is 0.446 bits per heavy atom. The van der Waals surface area contributed by atoms with Crippen molar-refractivity contribution in [1.82, 2.24) is 0 Å². The van der Waals surface area contributed by atoms with Gasteiger partial charge in [-0.3, -0.25) is 0 Å². The number of fused-ring (bicyclic) bond motifs is 4. The second kappa shape index (κ2) is 14.6. The number of nitrogens with zero attached hydrogens (tertiary/aromatic N) is 1. The Balaban J connectivity index is 1.15. The van der Waals surface area contributed by atoms with Gasteiger partial charge in [0.25, 0.3) is 0 Å². The third-order valence-corrected chi connectivity index (χ3v) is 13.6. The maximum atomic E-state index is 2.54. The van der Waals surface area contributed by atoms with Crippen LogP contribution in [0.2, 0.25) is 0 Å². The summed E-state index contributed by atoms with van der Waals surface area (Å²) in [6.45, 7) is 4.84. The molecule has 0 N–H and O–H groups in total. The van der Waals surface area contributed by atoms with E-state index in [1.165, 1.54) is 148 Å². The van der Waals surface area contributed by atoms with Crippen molar-refractivity contribution in [3.8, 4) is 33.4 Å². The molecule has 1 nitrogen and oxygen atoms in total. The molecule has 0 heterocycles. The Kier molecular flexibility index (Phi) is 9.13.